The number of aliphatic hydroxyl groups is 1. The Hall–Kier alpha value is -1.02. The van der Waals surface area contributed by atoms with Crippen molar-refractivity contribution >= 4 is 0 Å². The van der Waals surface area contributed by atoms with Gasteiger partial charge >= 0.3 is 0 Å². The second-order valence-corrected chi connectivity index (χ2v) is 7.84. The van der Waals surface area contributed by atoms with E-state index in [0.717, 1.165) is 12.3 Å². The van der Waals surface area contributed by atoms with Gasteiger partial charge < -0.3 is 10.2 Å². The minimum absolute atomic E-state index is 0.322. The standard InChI is InChI=1S/C18H38O.C6H6O/c1-18(2)16-14-12-10-8-6-4-3-5-7-9-11-13-15-17-19;7-6-4-2-1-3-5-6/h18-19H,3-17H2,1-2H3;1-5,7H. The predicted octanol–water partition coefficient (Wildman–Crippen LogP) is 7.49. The molecule has 0 aromatic heterocycles. The first-order valence-corrected chi connectivity index (χ1v) is 11.0. The second kappa shape index (κ2) is 20.3. The van der Waals surface area contributed by atoms with E-state index in [-0.39, 0.29) is 0 Å². The lowest BCUT2D eigenvalue weighted by atomic mass is 10.0. The van der Waals surface area contributed by atoms with E-state index in [0.29, 0.717) is 12.4 Å². The van der Waals surface area contributed by atoms with Crippen LogP contribution in [0.4, 0.5) is 0 Å². The molecule has 26 heavy (non-hydrogen) atoms. The molecule has 1 aromatic rings. The minimum Gasteiger partial charge on any atom is -0.508 e. The first kappa shape index (κ1) is 25.0. The Kier molecular flexibility index (Phi) is 19.5. The highest BCUT2D eigenvalue weighted by Gasteiger charge is 1.95. The van der Waals surface area contributed by atoms with E-state index in [4.69, 9.17) is 10.2 Å². The van der Waals surface area contributed by atoms with Crippen molar-refractivity contribution in [2.45, 2.75) is 104 Å². The molecule has 0 aliphatic carbocycles. The Labute approximate surface area is 163 Å². The predicted molar refractivity (Wildman–Crippen MR) is 115 cm³/mol. The van der Waals surface area contributed by atoms with Gasteiger partial charge in [0.25, 0.3) is 0 Å². The highest BCUT2D eigenvalue weighted by molar-refractivity contribution is 5.18. The molecule has 0 bridgehead atoms. The summed E-state index contributed by atoms with van der Waals surface area (Å²) in [5.74, 6) is 1.21. The molecule has 1 rings (SSSR count). The van der Waals surface area contributed by atoms with Gasteiger partial charge in [-0.1, -0.05) is 116 Å². The quantitative estimate of drug-likeness (QED) is 0.316. The van der Waals surface area contributed by atoms with Gasteiger partial charge in [0, 0.05) is 6.61 Å². The van der Waals surface area contributed by atoms with E-state index in [9.17, 15) is 0 Å². The van der Waals surface area contributed by atoms with Crippen molar-refractivity contribution in [3.05, 3.63) is 30.3 Å². The molecule has 0 heterocycles. The van der Waals surface area contributed by atoms with Gasteiger partial charge in [-0.3, -0.25) is 0 Å². The SMILES string of the molecule is CC(C)CCCCCCCCCCCCCCCO.Oc1ccccc1. The highest BCUT2D eigenvalue weighted by atomic mass is 16.3. The van der Waals surface area contributed by atoms with Crippen LogP contribution in [0.25, 0.3) is 0 Å². The summed E-state index contributed by atoms with van der Waals surface area (Å²) in [4.78, 5) is 0. The van der Waals surface area contributed by atoms with Crippen LogP contribution in [0.1, 0.15) is 104 Å². The lowest BCUT2D eigenvalue weighted by molar-refractivity contribution is 0.282. The number of hydrogen-bond donors (Lipinski definition) is 2. The number of phenolic OH excluding ortho intramolecular Hbond substituents is 1. The highest BCUT2D eigenvalue weighted by Crippen LogP contribution is 2.14. The Bertz CT molecular complexity index is 362. The molecule has 0 aliphatic rings. The largest absolute Gasteiger partial charge is 0.508 e. The van der Waals surface area contributed by atoms with Crippen molar-refractivity contribution in [2.24, 2.45) is 5.92 Å². The fourth-order valence-electron chi connectivity index (χ4n) is 3.04. The minimum atomic E-state index is 0.322. The normalized spacial score (nSPS) is 10.6. The molecule has 0 saturated carbocycles. The monoisotopic (exact) mass is 364 g/mol. The Morgan fingerprint density at radius 3 is 1.31 bits per heavy atom. The number of hydrogen-bond acceptors (Lipinski definition) is 2. The number of aromatic hydroxyl groups is 1. The summed E-state index contributed by atoms with van der Waals surface area (Å²) < 4.78 is 0. The number of benzene rings is 1. The molecule has 0 atom stereocenters. The average molecular weight is 365 g/mol. The fraction of sp³-hybridized carbons (Fsp3) is 0.750. The second-order valence-electron chi connectivity index (χ2n) is 7.84. The lowest BCUT2D eigenvalue weighted by Gasteiger charge is -2.04. The molecule has 2 nitrogen and oxygen atoms in total. The summed E-state index contributed by atoms with van der Waals surface area (Å²) in [6.45, 7) is 5.02. The Morgan fingerprint density at radius 2 is 1.00 bits per heavy atom. The number of phenols is 1. The molecule has 0 amide bonds. The summed E-state index contributed by atoms with van der Waals surface area (Å²) in [5, 5.41) is 17.3. The fourth-order valence-corrected chi connectivity index (χ4v) is 3.04. The van der Waals surface area contributed by atoms with Gasteiger partial charge in [-0.25, -0.2) is 0 Å². The van der Waals surface area contributed by atoms with Gasteiger partial charge in [0.05, 0.1) is 0 Å². The zero-order valence-corrected chi connectivity index (χ0v) is 17.5. The third kappa shape index (κ3) is 21.0. The van der Waals surface area contributed by atoms with Crippen LogP contribution < -0.4 is 0 Å². The Morgan fingerprint density at radius 1 is 0.615 bits per heavy atom. The molecule has 0 fully saturated rings. The average Bonchev–Trinajstić information content (AvgIpc) is 2.63. The maximum atomic E-state index is 8.67. The molecule has 152 valence electrons. The van der Waals surface area contributed by atoms with E-state index in [1.807, 2.05) is 6.07 Å². The van der Waals surface area contributed by atoms with Gasteiger partial charge in [-0.2, -0.15) is 0 Å². The first-order chi connectivity index (χ1) is 12.7. The molecule has 0 unspecified atom stereocenters. The van der Waals surface area contributed by atoms with Crippen LogP contribution >= 0.6 is 0 Å². The van der Waals surface area contributed by atoms with Crippen LogP contribution in [0.5, 0.6) is 5.75 Å². The van der Waals surface area contributed by atoms with Crippen LogP contribution in [0, 0.1) is 5.92 Å². The summed E-state index contributed by atoms with van der Waals surface area (Å²) >= 11 is 0. The van der Waals surface area contributed by atoms with Crippen LogP contribution in [0.2, 0.25) is 0 Å². The van der Waals surface area contributed by atoms with Crippen LogP contribution in [-0.4, -0.2) is 16.8 Å². The molecule has 0 saturated heterocycles. The van der Waals surface area contributed by atoms with Crippen LogP contribution in [0.3, 0.4) is 0 Å². The first-order valence-electron chi connectivity index (χ1n) is 11.0. The number of aliphatic hydroxyl groups excluding tert-OH is 1. The van der Waals surface area contributed by atoms with E-state index in [1.54, 1.807) is 24.3 Å². The zero-order chi connectivity index (χ0) is 19.3. The summed E-state index contributed by atoms with van der Waals surface area (Å²) in [5.41, 5.74) is 0. The van der Waals surface area contributed by atoms with Gasteiger partial charge in [0.15, 0.2) is 0 Å². The summed E-state index contributed by atoms with van der Waals surface area (Å²) in [7, 11) is 0. The summed E-state index contributed by atoms with van der Waals surface area (Å²) in [6, 6.07) is 8.71. The van der Waals surface area contributed by atoms with E-state index in [1.165, 1.54) is 83.5 Å². The maximum Gasteiger partial charge on any atom is 0.115 e. The van der Waals surface area contributed by atoms with Crippen molar-refractivity contribution < 1.29 is 10.2 Å². The smallest absolute Gasteiger partial charge is 0.115 e. The third-order valence-corrected chi connectivity index (χ3v) is 4.70. The van der Waals surface area contributed by atoms with Crippen LogP contribution in [-0.2, 0) is 0 Å². The molecule has 2 heteroatoms. The number of unbranched alkanes of at least 4 members (excludes halogenated alkanes) is 12. The molecule has 0 radical (unpaired) electrons. The molecular weight excluding hydrogens is 320 g/mol. The van der Waals surface area contributed by atoms with Crippen molar-refractivity contribution in [1.29, 1.82) is 0 Å². The summed E-state index contributed by atoms with van der Waals surface area (Å²) in [6.07, 6.45) is 19.3. The number of para-hydroxylation sites is 1. The molecule has 0 aliphatic heterocycles. The third-order valence-electron chi connectivity index (χ3n) is 4.70. The zero-order valence-electron chi connectivity index (χ0n) is 17.5. The topological polar surface area (TPSA) is 40.5 Å². The van der Waals surface area contributed by atoms with Crippen molar-refractivity contribution in [3.63, 3.8) is 0 Å². The van der Waals surface area contributed by atoms with Gasteiger partial charge in [-0.05, 0) is 24.5 Å². The van der Waals surface area contributed by atoms with Gasteiger partial charge in [0.1, 0.15) is 5.75 Å². The maximum absolute atomic E-state index is 8.67. The number of rotatable bonds is 15. The van der Waals surface area contributed by atoms with E-state index < -0.39 is 0 Å². The molecule has 0 spiro atoms. The molecule has 2 N–H and O–H groups in total. The van der Waals surface area contributed by atoms with Crippen molar-refractivity contribution in [1.82, 2.24) is 0 Å². The molecular formula is C24H44O2. The van der Waals surface area contributed by atoms with E-state index >= 15 is 0 Å². The van der Waals surface area contributed by atoms with E-state index in [2.05, 4.69) is 13.8 Å². The van der Waals surface area contributed by atoms with Crippen LogP contribution in [0.15, 0.2) is 30.3 Å². The molecule has 1 aromatic carbocycles. The van der Waals surface area contributed by atoms with Crippen molar-refractivity contribution in [3.8, 4) is 5.75 Å². The van der Waals surface area contributed by atoms with Crippen molar-refractivity contribution in [2.75, 3.05) is 6.61 Å². The van der Waals surface area contributed by atoms with Gasteiger partial charge in [-0.15, -0.1) is 0 Å². The lowest BCUT2D eigenvalue weighted by Crippen LogP contribution is -1.87. The van der Waals surface area contributed by atoms with Gasteiger partial charge in [0.2, 0.25) is 0 Å². The Balaban J connectivity index is 0.000000735.